The Morgan fingerprint density at radius 3 is 2.67 bits per heavy atom. The van der Waals surface area contributed by atoms with E-state index in [0.717, 1.165) is 43.0 Å². The summed E-state index contributed by atoms with van der Waals surface area (Å²) in [6.45, 7) is 14.0. The summed E-state index contributed by atoms with van der Waals surface area (Å²) in [5.41, 5.74) is 8.22. The van der Waals surface area contributed by atoms with Crippen molar-refractivity contribution in [3.63, 3.8) is 0 Å². The Hall–Kier alpha value is -1.78. The summed E-state index contributed by atoms with van der Waals surface area (Å²) < 4.78 is 0. The lowest BCUT2D eigenvalue weighted by molar-refractivity contribution is 0.741. The highest BCUT2D eigenvalue weighted by molar-refractivity contribution is 5.96. The van der Waals surface area contributed by atoms with Crippen LogP contribution in [0.1, 0.15) is 25.5 Å². The summed E-state index contributed by atoms with van der Waals surface area (Å²) in [7, 11) is 0. The molecule has 0 aliphatic carbocycles. The van der Waals surface area contributed by atoms with E-state index in [9.17, 15) is 0 Å². The van der Waals surface area contributed by atoms with Gasteiger partial charge in [-0.2, -0.15) is 0 Å². The average molecular weight is 288 g/mol. The number of aryl methyl sites for hydroxylation is 1. The fraction of sp³-hybridized carbons (Fsp3) is 0.412. The maximum atomic E-state index is 5.40. The van der Waals surface area contributed by atoms with Gasteiger partial charge in [0.1, 0.15) is 0 Å². The highest BCUT2D eigenvalue weighted by atomic mass is 14.9. The molecule has 0 spiro atoms. The summed E-state index contributed by atoms with van der Waals surface area (Å²) in [4.78, 5) is 8.30. The van der Waals surface area contributed by atoms with E-state index in [1.807, 2.05) is 25.1 Å². The molecule has 1 rings (SSSR count). The Labute approximate surface area is 128 Å². The lowest BCUT2D eigenvalue weighted by atomic mass is 10.3. The molecule has 116 valence electrons. The van der Waals surface area contributed by atoms with Crippen LogP contribution in [0, 0.1) is 6.92 Å². The number of nitrogens with two attached hydrogens (primary N) is 1. The predicted octanol–water partition coefficient (Wildman–Crippen LogP) is 2.87. The third-order valence-corrected chi connectivity index (χ3v) is 2.52. The van der Waals surface area contributed by atoms with Gasteiger partial charge < -0.3 is 11.1 Å². The molecule has 0 radical (unpaired) electrons. The molecule has 3 N–H and O–H groups in total. The van der Waals surface area contributed by atoms with Gasteiger partial charge in [0.25, 0.3) is 0 Å². The van der Waals surface area contributed by atoms with Crippen molar-refractivity contribution in [3.8, 4) is 0 Å². The van der Waals surface area contributed by atoms with E-state index in [1.54, 1.807) is 12.3 Å². The van der Waals surface area contributed by atoms with Gasteiger partial charge in [0.05, 0.1) is 5.71 Å². The summed E-state index contributed by atoms with van der Waals surface area (Å²) in [5, 5.41) is 3.26. The summed E-state index contributed by atoms with van der Waals surface area (Å²) in [6, 6.07) is 5.86. The number of aliphatic imine (C=N–C) groups is 1. The SMILES string of the molecule is C=CC(CNCCC)=NC(=C)CCN.Cc1ccccn1. The monoisotopic (exact) mass is 288 g/mol. The molecule has 0 aromatic carbocycles. The molecule has 0 amide bonds. The van der Waals surface area contributed by atoms with Crippen LogP contribution in [0.2, 0.25) is 0 Å². The zero-order valence-electron chi connectivity index (χ0n) is 13.3. The second-order valence-corrected chi connectivity index (χ2v) is 4.56. The van der Waals surface area contributed by atoms with E-state index in [-0.39, 0.29) is 0 Å². The predicted molar refractivity (Wildman–Crippen MR) is 92.6 cm³/mol. The van der Waals surface area contributed by atoms with E-state index in [0.29, 0.717) is 6.54 Å². The molecule has 1 aromatic heterocycles. The van der Waals surface area contributed by atoms with Gasteiger partial charge in [0, 0.05) is 30.6 Å². The minimum atomic E-state index is 0.592. The molecule has 0 bridgehead atoms. The van der Waals surface area contributed by atoms with E-state index in [2.05, 4.69) is 35.4 Å². The first-order chi connectivity index (χ1) is 10.1. The Bertz CT molecular complexity index is 424. The van der Waals surface area contributed by atoms with Crippen LogP contribution in [0.4, 0.5) is 0 Å². The summed E-state index contributed by atoms with van der Waals surface area (Å²) in [5.74, 6) is 0. The fourth-order valence-corrected chi connectivity index (χ4v) is 1.42. The molecule has 0 atom stereocenters. The van der Waals surface area contributed by atoms with Crippen molar-refractivity contribution in [2.24, 2.45) is 10.7 Å². The van der Waals surface area contributed by atoms with Gasteiger partial charge in [0.15, 0.2) is 0 Å². The van der Waals surface area contributed by atoms with Crippen LogP contribution in [0.5, 0.6) is 0 Å². The number of nitrogens with zero attached hydrogens (tertiary/aromatic N) is 2. The van der Waals surface area contributed by atoms with E-state index in [1.165, 1.54) is 0 Å². The molecular formula is C17H28N4. The quantitative estimate of drug-likeness (QED) is 0.571. The zero-order valence-corrected chi connectivity index (χ0v) is 13.3. The first-order valence-electron chi connectivity index (χ1n) is 7.30. The molecular weight excluding hydrogens is 260 g/mol. The molecule has 0 aliphatic heterocycles. The van der Waals surface area contributed by atoms with Gasteiger partial charge in [-0.25, -0.2) is 0 Å². The third-order valence-electron chi connectivity index (χ3n) is 2.52. The normalized spacial score (nSPS) is 10.5. The molecule has 4 heteroatoms. The topological polar surface area (TPSA) is 63.3 Å². The van der Waals surface area contributed by atoms with Gasteiger partial charge >= 0.3 is 0 Å². The van der Waals surface area contributed by atoms with E-state index >= 15 is 0 Å². The van der Waals surface area contributed by atoms with Crippen LogP contribution >= 0.6 is 0 Å². The third kappa shape index (κ3) is 11.7. The Kier molecular flexibility index (Phi) is 12.1. The lowest BCUT2D eigenvalue weighted by Crippen LogP contribution is -2.22. The molecule has 0 saturated heterocycles. The molecule has 1 aromatic rings. The molecule has 4 nitrogen and oxygen atoms in total. The van der Waals surface area contributed by atoms with E-state index in [4.69, 9.17) is 5.73 Å². The zero-order chi connectivity index (χ0) is 15.9. The van der Waals surface area contributed by atoms with Crippen molar-refractivity contribution in [3.05, 3.63) is 55.0 Å². The Balaban J connectivity index is 0.000000471. The second-order valence-electron chi connectivity index (χ2n) is 4.56. The average Bonchev–Trinajstić information content (AvgIpc) is 2.48. The molecule has 21 heavy (non-hydrogen) atoms. The van der Waals surface area contributed by atoms with Crippen molar-refractivity contribution in [1.82, 2.24) is 10.3 Å². The number of hydrogen-bond donors (Lipinski definition) is 2. The highest BCUT2D eigenvalue weighted by Gasteiger charge is 1.94. The maximum Gasteiger partial charge on any atom is 0.0538 e. The molecule has 1 heterocycles. The molecule has 0 saturated carbocycles. The number of pyridine rings is 1. The summed E-state index contributed by atoms with van der Waals surface area (Å²) in [6.07, 6.45) is 5.40. The standard InChI is InChI=1S/C11H21N3.C6H7N/c1-4-8-13-9-11(5-2)14-10(3)6-7-12;1-6-4-2-3-5-7-6/h5,13H,2-4,6-9,12H2,1H3;2-5H,1H3. The Morgan fingerprint density at radius 2 is 2.24 bits per heavy atom. The number of nitrogens with one attached hydrogen (secondary N) is 1. The van der Waals surface area contributed by atoms with E-state index < -0.39 is 0 Å². The smallest absolute Gasteiger partial charge is 0.0538 e. The molecule has 0 aliphatic rings. The molecule has 0 fully saturated rings. The van der Waals surface area contributed by atoms with Gasteiger partial charge in [-0.1, -0.05) is 26.1 Å². The van der Waals surface area contributed by atoms with Crippen molar-refractivity contribution in [2.45, 2.75) is 26.7 Å². The minimum absolute atomic E-state index is 0.592. The van der Waals surface area contributed by atoms with Crippen molar-refractivity contribution >= 4 is 5.71 Å². The van der Waals surface area contributed by atoms with Crippen LogP contribution in [0.25, 0.3) is 0 Å². The minimum Gasteiger partial charge on any atom is -0.330 e. The first-order valence-corrected chi connectivity index (χ1v) is 7.30. The van der Waals surface area contributed by atoms with Crippen molar-refractivity contribution in [1.29, 1.82) is 0 Å². The largest absolute Gasteiger partial charge is 0.330 e. The number of hydrogen-bond acceptors (Lipinski definition) is 4. The van der Waals surface area contributed by atoms with Gasteiger partial charge in [0.2, 0.25) is 0 Å². The second kappa shape index (κ2) is 13.2. The van der Waals surface area contributed by atoms with Crippen molar-refractivity contribution < 1.29 is 0 Å². The van der Waals surface area contributed by atoms with Crippen LogP contribution < -0.4 is 11.1 Å². The highest BCUT2D eigenvalue weighted by Crippen LogP contribution is 1.98. The fourth-order valence-electron chi connectivity index (χ4n) is 1.42. The van der Waals surface area contributed by atoms with Crippen LogP contribution in [0.15, 0.2) is 54.3 Å². The van der Waals surface area contributed by atoms with Gasteiger partial charge in [-0.05, 0) is 44.6 Å². The molecule has 0 unspecified atom stereocenters. The lowest BCUT2D eigenvalue weighted by Gasteiger charge is -2.04. The maximum absolute atomic E-state index is 5.40. The van der Waals surface area contributed by atoms with Crippen molar-refractivity contribution in [2.75, 3.05) is 19.6 Å². The number of rotatable bonds is 8. The van der Waals surface area contributed by atoms with Crippen LogP contribution in [-0.2, 0) is 0 Å². The van der Waals surface area contributed by atoms with Gasteiger partial charge in [-0.3, -0.25) is 9.98 Å². The first kappa shape index (κ1) is 19.2. The Morgan fingerprint density at radius 1 is 1.48 bits per heavy atom. The van der Waals surface area contributed by atoms with Crippen LogP contribution in [-0.4, -0.2) is 30.3 Å². The summed E-state index contributed by atoms with van der Waals surface area (Å²) >= 11 is 0. The van der Waals surface area contributed by atoms with Crippen LogP contribution in [0.3, 0.4) is 0 Å². The number of aromatic nitrogens is 1. The van der Waals surface area contributed by atoms with Gasteiger partial charge in [-0.15, -0.1) is 0 Å².